The van der Waals surface area contributed by atoms with E-state index in [1.165, 1.54) is 0 Å². The second-order valence-corrected chi connectivity index (χ2v) is 8.77. The van der Waals surface area contributed by atoms with E-state index in [1.807, 2.05) is 17.9 Å². The summed E-state index contributed by atoms with van der Waals surface area (Å²) in [7, 11) is 0. The number of hydrogen-bond acceptors (Lipinski definition) is 6. The molecule has 2 fully saturated rings. The zero-order chi connectivity index (χ0) is 21.5. The Hall–Kier alpha value is -2.68. The van der Waals surface area contributed by atoms with Crippen molar-refractivity contribution in [1.82, 2.24) is 30.0 Å². The van der Waals surface area contributed by atoms with Crippen LogP contribution in [0.5, 0.6) is 0 Å². The first-order chi connectivity index (χ1) is 15.0. The molecular weight excluding hydrogens is 437 g/mol. The fraction of sp³-hybridized carbons (Fsp3) is 0.333. The molecule has 2 N–H and O–H groups in total. The van der Waals surface area contributed by atoms with Gasteiger partial charge in [0.1, 0.15) is 5.82 Å². The number of aryl methyl sites for hydroxylation is 1. The normalized spacial score (nSPS) is 20.4. The maximum atomic E-state index is 13.0. The molecule has 1 amide bonds. The molecule has 2 aliphatic rings. The Bertz CT molecular complexity index is 1130. The zero-order valence-corrected chi connectivity index (χ0v) is 18.4. The van der Waals surface area contributed by atoms with Gasteiger partial charge in [-0.15, -0.1) is 0 Å². The second-order valence-electron chi connectivity index (χ2n) is 7.99. The Balaban J connectivity index is 1.24. The van der Waals surface area contributed by atoms with E-state index in [-0.39, 0.29) is 11.9 Å². The number of H-pyrrole nitrogens is 1. The van der Waals surface area contributed by atoms with Gasteiger partial charge in [-0.1, -0.05) is 29.3 Å². The Morgan fingerprint density at radius 3 is 2.84 bits per heavy atom. The van der Waals surface area contributed by atoms with Crippen LogP contribution in [-0.2, 0) is 6.54 Å². The molecule has 0 aliphatic carbocycles. The highest BCUT2D eigenvalue weighted by molar-refractivity contribution is 6.43. The number of piperazine rings is 1. The molecule has 2 aliphatic heterocycles. The van der Waals surface area contributed by atoms with Crippen LogP contribution in [0.15, 0.2) is 36.7 Å². The van der Waals surface area contributed by atoms with Crippen molar-refractivity contribution in [2.75, 3.05) is 18.4 Å². The average molecular weight is 458 g/mol. The summed E-state index contributed by atoms with van der Waals surface area (Å²) < 4.78 is 0. The van der Waals surface area contributed by atoms with E-state index in [2.05, 4.69) is 30.4 Å². The molecule has 0 unspecified atom stereocenters. The topological polar surface area (TPSA) is 90.0 Å². The number of nitrogens with one attached hydrogen (secondary N) is 2. The van der Waals surface area contributed by atoms with Crippen LogP contribution >= 0.6 is 23.2 Å². The van der Waals surface area contributed by atoms with Gasteiger partial charge in [0.2, 0.25) is 0 Å². The number of halogens is 2. The highest BCUT2D eigenvalue weighted by Gasteiger charge is 2.45. The molecule has 2 bridgehead atoms. The van der Waals surface area contributed by atoms with Crippen molar-refractivity contribution in [1.29, 1.82) is 0 Å². The molecule has 0 saturated carbocycles. The summed E-state index contributed by atoms with van der Waals surface area (Å²) in [6, 6.07) is 7.54. The molecule has 2 aromatic heterocycles. The van der Waals surface area contributed by atoms with E-state index in [4.69, 9.17) is 23.2 Å². The molecule has 160 valence electrons. The molecule has 3 aromatic rings. The van der Waals surface area contributed by atoms with E-state index in [1.54, 1.807) is 30.6 Å². The van der Waals surface area contributed by atoms with Crippen molar-refractivity contribution in [2.45, 2.75) is 32.0 Å². The molecule has 1 aromatic carbocycles. The number of carbonyl (C=O) groups excluding carboxylic acids is 1. The van der Waals surface area contributed by atoms with Crippen molar-refractivity contribution in [3.8, 4) is 0 Å². The van der Waals surface area contributed by atoms with Crippen LogP contribution in [0.3, 0.4) is 0 Å². The van der Waals surface area contributed by atoms with Crippen LogP contribution < -0.4 is 5.32 Å². The summed E-state index contributed by atoms with van der Waals surface area (Å²) in [5.41, 5.74) is 2.31. The number of aromatic amines is 1. The molecular formula is C21H21Cl2N7O. The highest BCUT2D eigenvalue weighted by Crippen LogP contribution is 2.35. The van der Waals surface area contributed by atoms with Crippen LogP contribution in [0.1, 0.15) is 28.2 Å². The van der Waals surface area contributed by atoms with Crippen LogP contribution in [0.4, 0.5) is 11.6 Å². The standard InChI is InChI=1S/C21H21Cl2N7O/c1-12-5-18(28-27-12)26-19-8-24-7-13(25-19)9-29-10-15-6-14(29)11-30(15)21(31)16-3-2-4-17(22)20(16)23/h2-5,7-8,14-15H,6,9-11H2,1H3,(H2,25,26,27,28)/t14-,15-/m1/s1. The Labute approximate surface area is 189 Å². The number of anilines is 2. The SMILES string of the molecule is Cc1cc(Nc2cncc(CN3C[C@H]4C[C@@H]3CN4C(=O)c3cccc(Cl)c3Cl)n2)n[nH]1. The third-order valence-corrected chi connectivity index (χ3v) is 6.63. The third-order valence-electron chi connectivity index (χ3n) is 5.81. The lowest BCUT2D eigenvalue weighted by molar-refractivity contribution is 0.0615. The van der Waals surface area contributed by atoms with E-state index in [9.17, 15) is 4.79 Å². The minimum Gasteiger partial charge on any atom is -0.333 e. The molecule has 8 nitrogen and oxygen atoms in total. The van der Waals surface area contributed by atoms with Gasteiger partial charge < -0.3 is 10.2 Å². The fourth-order valence-electron chi connectivity index (χ4n) is 4.38. The number of aromatic nitrogens is 4. The van der Waals surface area contributed by atoms with E-state index in [0.717, 1.165) is 24.4 Å². The molecule has 5 rings (SSSR count). The number of benzene rings is 1. The molecule has 2 atom stereocenters. The number of rotatable bonds is 5. The van der Waals surface area contributed by atoms with Crippen LogP contribution in [0.25, 0.3) is 0 Å². The number of fused-ring (bicyclic) bond motifs is 2. The predicted octanol–water partition coefficient (Wildman–Crippen LogP) is 3.66. The Morgan fingerprint density at radius 1 is 1.23 bits per heavy atom. The Morgan fingerprint density at radius 2 is 2.10 bits per heavy atom. The van der Waals surface area contributed by atoms with Crippen molar-refractivity contribution >= 4 is 40.7 Å². The molecule has 4 heterocycles. The minimum atomic E-state index is -0.0556. The average Bonchev–Trinajstić information content (AvgIpc) is 3.46. The summed E-state index contributed by atoms with van der Waals surface area (Å²) in [6.45, 7) is 4.09. The molecule has 0 radical (unpaired) electrons. The van der Waals surface area contributed by atoms with Crippen molar-refractivity contribution < 1.29 is 4.79 Å². The largest absolute Gasteiger partial charge is 0.333 e. The summed E-state index contributed by atoms with van der Waals surface area (Å²) >= 11 is 12.3. The number of amides is 1. The van der Waals surface area contributed by atoms with E-state index in [0.29, 0.717) is 46.4 Å². The number of carbonyl (C=O) groups is 1. The lowest BCUT2D eigenvalue weighted by atomic mass is 10.1. The predicted molar refractivity (Wildman–Crippen MR) is 119 cm³/mol. The third kappa shape index (κ3) is 3.98. The first-order valence-corrected chi connectivity index (χ1v) is 10.8. The van der Waals surface area contributed by atoms with Gasteiger partial charge in [-0.3, -0.25) is 19.8 Å². The van der Waals surface area contributed by atoms with Crippen LogP contribution in [-0.4, -0.2) is 61.0 Å². The van der Waals surface area contributed by atoms with Gasteiger partial charge in [0.15, 0.2) is 5.82 Å². The summed E-state index contributed by atoms with van der Waals surface area (Å²) in [6.07, 6.45) is 4.41. The maximum absolute atomic E-state index is 13.0. The number of hydrogen-bond donors (Lipinski definition) is 2. The fourth-order valence-corrected chi connectivity index (χ4v) is 4.76. The summed E-state index contributed by atoms with van der Waals surface area (Å²) in [5.74, 6) is 1.30. The van der Waals surface area contributed by atoms with E-state index >= 15 is 0 Å². The van der Waals surface area contributed by atoms with Gasteiger partial charge >= 0.3 is 0 Å². The van der Waals surface area contributed by atoms with Crippen LogP contribution in [0, 0.1) is 6.92 Å². The lowest BCUT2D eigenvalue weighted by Gasteiger charge is -2.34. The van der Waals surface area contributed by atoms with Gasteiger partial charge in [0, 0.05) is 49.7 Å². The molecule has 10 heteroatoms. The van der Waals surface area contributed by atoms with E-state index < -0.39 is 0 Å². The maximum Gasteiger partial charge on any atom is 0.255 e. The minimum absolute atomic E-state index is 0.0556. The smallest absolute Gasteiger partial charge is 0.255 e. The van der Waals surface area contributed by atoms with Crippen LogP contribution in [0.2, 0.25) is 10.0 Å². The molecule has 0 spiro atoms. The zero-order valence-electron chi connectivity index (χ0n) is 16.8. The van der Waals surface area contributed by atoms with Crippen molar-refractivity contribution in [2.24, 2.45) is 0 Å². The number of likely N-dealkylation sites (tertiary alicyclic amines) is 2. The molecule has 31 heavy (non-hydrogen) atoms. The summed E-state index contributed by atoms with van der Waals surface area (Å²) in [5, 5.41) is 10.9. The summed E-state index contributed by atoms with van der Waals surface area (Å²) in [4.78, 5) is 26.3. The quantitative estimate of drug-likeness (QED) is 0.607. The van der Waals surface area contributed by atoms with Gasteiger partial charge in [-0.2, -0.15) is 5.10 Å². The van der Waals surface area contributed by atoms with Crippen molar-refractivity contribution in [3.63, 3.8) is 0 Å². The van der Waals surface area contributed by atoms with Crippen molar-refractivity contribution in [3.05, 3.63) is 63.7 Å². The van der Waals surface area contributed by atoms with Gasteiger partial charge in [-0.05, 0) is 25.5 Å². The molecule has 2 saturated heterocycles. The van der Waals surface area contributed by atoms with Gasteiger partial charge in [0.25, 0.3) is 5.91 Å². The first kappa shape index (κ1) is 20.2. The van der Waals surface area contributed by atoms with Gasteiger partial charge in [0.05, 0.1) is 27.5 Å². The first-order valence-electron chi connectivity index (χ1n) is 10.1. The Kier molecular flexibility index (Phi) is 5.29. The van der Waals surface area contributed by atoms with Gasteiger partial charge in [-0.25, -0.2) is 4.98 Å². The second kappa shape index (κ2) is 8.11. The number of nitrogens with zero attached hydrogens (tertiary/aromatic N) is 5. The lowest BCUT2D eigenvalue weighted by Crippen LogP contribution is -2.48. The highest BCUT2D eigenvalue weighted by atomic mass is 35.5. The monoisotopic (exact) mass is 457 g/mol.